The van der Waals surface area contributed by atoms with Gasteiger partial charge in [0.15, 0.2) is 0 Å². The quantitative estimate of drug-likeness (QED) is 0.786. The van der Waals surface area contributed by atoms with Crippen molar-refractivity contribution >= 4 is 6.29 Å². The van der Waals surface area contributed by atoms with Crippen LogP contribution in [0.15, 0.2) is 24.3 Å². The third kappa shape index (κ3) is 3.73. The maximum Gasteiger partial charge on any atom is 0.134 e. The van der Waals surface area contributed by atoms with Crippen molar-refractivity contribution < 1.29 is 4.79 Å². The Bertz CT molecular complexity index is 555. The predicted octanol–water partition coefficient (Wildman–Crippen LogP) is 3.78. The molecule has 0 aromatic heterocycles. The van der Waals surface area contributed by atoms with Crippen molar-refractivity contribution in [1.29, 1.82) is 0 Å². The van der Waals surface area contributed by atoms with Crippen LogP contribution < -0.4 is 0 Å². The maximum absolute atomic E-state index is 10.9. The van der Waals surface area contributed by atoms with E-state index in [1.54, 1.807) is 5.56 Å². The molecule has 0 spiro atoms. The smallest absolute Gasteiger partial charge is 0.134 e. The number of hydrogen-bond donors (Lipinski definition) is 0. The number of hydrogen-bond acceptors (Lipinski definition) is 3. The fourth-order valence-electron chi connectivity index (χ4n) is 4.58. The Hall–Kier alpha value is -1.19. The zero-order valence-electron chi connectivity index (χ0n) is 15.5. The monoisotopic (exact) mass is 328 g/mol. The van der Waals surface area contributed by atoms with Gasteiger partial charge in [-0.25, -0.2) is 0 Å². The van der Waals surface area contributed by atoms with E-state index in [1.807, 2.05) is 0 Å². The van der Waals surface area contributed by atoms with E-state index in [1.165, 1.54) is 31.2 Å². The minimum atomic E-state index is 0.208. The second-order valence-corrected chi connectivity index (χ2v) is 8.43. The molecule has 2 heterocycles. The maximum atomic E-state index is 10.9. The summed E-state index contributed by atoms with van der Waals surface area (Å²) >= 11 is 0. The summed E-state index contributed by atoms with van der Waals surface area (Å²) in [6.45, 7) is 10.9. The summed E-state index contributed by atoms with van der Waals surface area (Å²) < 4.78 is 0. The number of rotatable bonds is 4. The first kappa shape index (κ1) is 17.6. The van der Waals surface area contributed by atoms with Crippen LogP contribution in [0.25, 0.3) is 0 Å². The third-order valence-corrected chi connectivity index (χ3v) is 5.80. The fourth-order valence-corrected chi connectivity index (χ4v) is 4.58. The van der Waals surface area contributed by atoms with E-state index in [4.69, 9.17) is 0 Å². The largest absolute Gasteiger partial charge is 0.302 e. The van der Waals surface area contributed by atoms with Gasteiger partial charge in [-0.05, 0) is 48.1 Å². The van der Waals surface area contributed by atoms with Gasteiger partial charge in [-0.3, -0.25) is 9.80 Å². The highest BCUT2D eigenvalue weighted by atomic mass is 16.1. The summed E-state index contributed by atoms with van der Waals surface area (Å²) in [4.78, 5) is 15.9. The number of carbonyl (C=O) groups is 1. The molecule has 3 rings (SSSR count). The van der Waals surface area contributed by atoms with Gasteiger partial charge in [0.05, 0.1) is 12.7 Å². The molecule has 132 valence electrons. The predicted molar refractivity (Wildman–Crippen MR) is 99.3 cm³/mol. The molecule has 1 aromatic carbocycles. The molecular weight excluding hydrogens is 296 g/mol. The van der Waals surface area contributed by atoms with E-state index in [-0.39, 0.29) is 5.41 Å². The Kier molecular flexibility index (Phi) is 5.41. The van der Waals surface area contributed by atoms with Gasteiger partial charge < -0.3 is 4.79 Å². The molecular formula is C21H32N2O. The van der Waals surface area contributed by atoms with Gasteiger partial charge in [-0.1, -0.05) is 45.0 Å². The first-order chi connectivity index (χ1) is 11.5. The lowest BCUT2D eigenvalue weighted by Crippen LogP contribution is -2.48. The molecule has 3 nitrogen and oxygen atoms in total. The number of carbonyl (C=O) groups excluding carboxylic acids is 1. The van der Waals surface area contributed by atoms with E-state index in [9.17, 15) is 4.79 Å². The van der Waals surface area contributed by atoms with Crippen LogP contribution in [0.4, 0.5) is 0 Å². The van der Waals surface area contributed by atoms with Crippen LogP contribution in [-0.2, 0) is 10.2 Å². The van der Waals surface area contributed by atoms with Gasteiger partial charge in [0.25, 0.3) is 0 Å². The van der Waals surface area contributed by atoms with Gasteiger partial charge >= 0.3 is 0 Å². The Balaban J connectivity index is 1.67. The zero-order chi connectivity index (χ0) is 17.2. The van der Waals surface area contributed by atoms with E-state index >= 15 is 0 Å². The molecule has 0 amide bonds. The van der Waals surface area contributed by atoms with Crippen LogP contribution in [-0.4, -0.2) is 48.4 Å². The standard InChI is InChI=1S/C21H32N2O/c1-21(2,3)19-8-5-4-7-18(19)17-10-13-23(14-11-17)20-9-6-12-22(20)15-16-24/h4-5,7-8,16-17,20H,6,9-15H2,1-3H3. The van der Waals surface area contributed by atoms with Crippen LogP contribution in [0.3, 0.4) is 0 Å². The van der Waals surface area contributed by atoms with E-state index < -0.39 is 0 Å². The Labute approximate surface area is 147 Å². The van der Waals surface area contributed by atoms with Crippen LogP contribution >= 0.6 is 0 Å². The number of likely N-dealkylation sites (tertiary alicyclic amines) is 2. The summed E-state index contributed by atoms with van der Waals surface area (Å²) in [7, 11) is 0. The summed E-state index contributed by atoms with van der Waals surface area (Å²) in [5.41, 5.74) is 3.27. The van der Waals surface area contributed by atoms with Crippen molar-refractivity contribution in [3.8, 4) is 0 Å². The second-order valence-electron chi connectivity index (χ2n) is 8.43. The van der Waals surface area contributed by atoms with Crippen molar-refractivity contribution in [2.45, 2.75) is 64.0 Å². The van der Waals surface area contributed by atoms with Crippen LogP contribution in [0.1, 0.15) is 63.5 Å². The molecule has 0 aliphatic carbocycles. The minimum absolute atomic E-state index is 0.208. The van der Waals surface area contributed by atoms with Crippen LogP contribution in [0.2, 0.25) is 0 Å². The molecule has 0 radical (unpaired) electrons. The Morgan fingerprint density at radius 2 is 1.79 bits per heavy atom. The Morgan fingerprint density at radius 1 is 1.08 bits per heavy atom. The van der Waals surface area contributed by atoms with Crippen molar-refractivity contribution in [3.05, 3.63) is 35.4 Å². The lowest BCUT2D eigenvalue weighted by molar-refractivity contribution is -0.110. The van der Waals surface area contributed by atoms with Gasteiger partial charge in [-0.15, -0.1) is 0 Å². The summed E-state index contributed by atoms with van der Waals surface area (Å²) in [5, 5.41) is 0. The molecule has 0 N–H and O–H groups in total. The first-order valence-electron chi connectivity index (χ1n) is 9.52. The van der Waals surface area contributed by atoms with E-state index in [0.717, 1.165) is 25.9 Å². The molecule has 0 saturated carbocycles. The van der Waals surface area contributed by atoms with Gasteiger partial charge in [0.1, 0.15) is 6.29 Å². The molecule has 0 bridgehead atoms. The number of benzene rings is 1. The molecule has 1 unspecified atom stereocenters. The number of piperidine rings is 1. The highest BCUT2D eigenvalue weighted by Gasteiger charge is 2.33. The average Bonchev–Trinajstić information content (AvgIpc) is 3.03. The molecule has 2 saturated heterocycles. The van der Waals surface area contributed by atoms with Crippen molar-refractivity contribution in [3.63, 3.8) is 0 Å². The minimum Gasteiger partial charge on any atom is -0.302 e. The summed E-state index contributed by atoms with van der Waals surface area (Å²) in [6.07, 6.45) is 6.47. The molecule has 3 heteroatoms. The average molecular weight is 329 g/mol. The van der Waals surface area contributed by atoms with E-state index in [0.29, 0.717) is 18.6 Å². The third-order valence-electron chi connectivity index (χ3n) is 5.80. The van der Waals surface area contributed by atoms with Crippen LogP contribution in [0, 0.1) is 0 Å². The number of aldehydes is 1. The highest BCUT2D eigenvalue weighted by molar-refractivity contribution is 5.52. The molecule has 2 aliphatic heterocycles. The summed E-state index contributed by atoms with van der Waals surface area (Å²) in [5.74, 6) is 0.678. The normalized spacial score (nSPS) is 24.4. The number of nitrogens with zero attached hydrogens (tertiary/aromatic N) is 2. The lowest BCUT2D eigenvalue weighted by atomic mass is 9.77. The van der Waals surface area contributed by atoms with Crippen molar-refractivity contribution in [1.82, 2.24) is 9.80 Å². The fraction of sp³-hybridized carbons (Fsp3) is 0.667. The Morgan fingerprint density at radius 3 is 2.46 bits per heavy atom. The summed E-state index contributed by atoms with van der Waals surface area (Å²) in [6, 6.07) is 9.02. The highest BCUT2D eigenvalue weighted by Crippen LogP contribution is 2.37. The molecule has 1 atom stereocenters. The van der Waals surface area contributed by atoms with E-state index in [2.05, 4.69) is 54.8 Å². The van der Waals surface area contributed by atoms with Crippen LogP contribution in [0.5, 0.6) is 0 Å². The first-order valence-corrected chi connectivity index (χ1v) is 9.52. The van der Waals surface area contributed by atoms with Gasteiger partial charge in [0, 0.05) is 19.6 Å². The molecule has 1 aromatic rings. The van der Waals surface area contributed by atoms with Crippen molar-refractivity contribution in [2.24, 2.45) is 0 Å². The van der Waals surface area contributed by atoms with Crippen molar-refractivity contribution in [2.75, 3.05) is 26.2 Å². The topological polar surface area (TPSA) is 23.6 Å². The molecule has 24 heavy (non-hydrogen) atoms. The zero-order valence-corrected chi connectivity index (χ0v) is 15.5. The molecule has 2 fully saturated rings. The van der Waals surface area contributed by atoms with Gasteiger partial charge in [0.2, 0.25) is 0 Å². The second kappa shape index (κ2) is 7.37. The van der Waals surface area contributed by atoms with Gasteiger partial charge in [-0.2, -0.15) is 0 Å². The SMILES string of the molecule is CC(C)(C)c1ccccc1C1CCN(C2CCCN2CC=O)CC1. The lowest BCUT2D eigenvalue weighted by Gasteiger charge is -2.40. The molecule has 2 aliphatic rings.